The van der Waals surface area contributed by atoms with Gasteiger partial charge in [0.25, 0.3) is 0 Å². The van der Waals surface area contributed by atoms with Gasteiger partial charge >= 0.3 is 6.03 Å². The molecule has 0 saturated heterocycles. The van der Waals surface area contributed by atoms with E-state index in [0.717, 1.165) is 10.0 Å². The minimum atomic E-state index is -0.323. The van der Waals surface area contributed by atoms with Crippen molar-refractivity contribution in [3.05, 3.63) is 46.1 Å². The normalized spacial score (nSPS) is 11.9. The first-order valence-corrected chi connectivity index (χ1v) is 6.61. The van der Waals surface area contributed by atoms with Gasteiger partial charge in [-0.25, -0.2) is 4.79 Å². The summed E-state index contributed by atoms with van der Waals surface area (Å²) in [4.78, 5) is 11.8. The summed E-state index contributed by atoms with van der Waals surface area (Å²) in [6.45, 7) is 3.67. The highest BCUT2D eigenvalue weighted by Crippen LogP contribution is 2.22. The molecule has 0 spiro atoms. The molecule has 19 heavy (non-hydrogen) atoms. The second-order valence-electron chi connectivity index (χ2n) is 4.16. The highest BCUT2D eigenvalue weighted by atomic mass is 79.9. The van der Waals surface area contributed by atoms with Crippen LogP contribution in [0.3, 0.4) is 0 Å². The summed E-state index contributed by atoms with van der Waals surface area (Å²) in [5, 5.41) is 9.14. The molecule has 6 heteroatoms. The zero-order valence-corrected chi connectivity index (χ0v) is 12.2. The average molecular weight is 324 g/mol. The van der Waals surface area contributed by atoms with E-state index in [2.05, 4.69) is 31.7 Å². The lowest BCUT2D eigenvalue weighted by Crippen LogP contribution is -2.31. The lowest BCUT2D eigenvalue weighted by Gasteiger charge is -2.15. The van der Waals surface area contributed by atoms with Crippen molar-refractivity contribution in [3.8, 4) is 0 Å². The summed E-state index contributed by atoms with van der Waals surface area (Å²) in [7, 11) is 0. The third-order valence-corrected chi connectivity index (χ3v) is 3.31. The maximum absolute atomic E-state index is 11.8. The van der Waals surface area contributed by atoms with Gasteiger partial charge in [-0.15, -0.1) is 0 Å². The second kappa shape index (κ2) is 5.88. The predicted molar refractivity (Wildman–Crippen MR) is 76.0 cm³/mol. The van der Waals surface area contributed by atoms with Gasteiger partial charge in [0, 0.05) is 10.5 Å². The molecule has 0 aliphatic carbocycles. The Hall–Kier alpha value is -1.82. The van der Waals surface area contributed by atoms with E-state index in [1.807, 2.05) is 31.2 Å². The number of amides is 2. The van der Waals surface area contributed by atoms with Crippen molar-refractivity contribution in [2.24, 2.45) is 0 Å². The molecule has 2 aromatic rings. The SMILES string of the molecule is Cc1cc(NC(=O)NC(C)c2ccccc2Br)no1. The number of rotatable bonds is 3. The molecule has 1 unspecified atom stereocenters. The van der Waals surface area contributed by atoms with Gasteiger partial charge in [-0.3, -0.25) is 5.32 Å². The molecule has 0 radical (unpaired) electrons. The molecule has 2 amide bonds. The fourth-order valence-electron chi connectivity index (χ4n) is 1.68. The van der Waals surface area contributed by atoms with Gasteiger partial charge < -0.3 is 9.84 Å². The van der Waals surface area contributed by atoms with Gasteiger partial charge in [0.05, 0.1) is 6.04 Å². The average Bonchev–Trinajstić information content (AvgIpc) is 2.74. The molecule has 1 aromatic heterocycles. The number of anilines is 1. The molecule has 100 valence electrons. The molecule has 2 rings (SSSR count). The summed E-state index contributed by atoms with van der Waals surface area (Å²) in [6, 6.07) is 8.96. The van der Waals surface area contributed by atoms with Gasteiger partial charge in [0.15, 0.2) is 5.82 Å². The Kier molecular flexibility index (Phi) is 4.21. The van der Waals surface area contributed by atoms with Crippen molar-refractivity contribution < 1.29 is 9.32 Å². The summed E-state index contributed by atoms with van der Waals surface area (Å²) < 4.78 is 5.83. The van der Waals surface area contributed by atoms with Crippen molar-refractivity contribution in [3.63, 3.8) is 0 Å². The van der Waals surface area contributed by atoms with Crippen molar-refractivity contribution >= 4 is 27.8 Å². The fraction of sp³-hybridized carbons (Fsp3) is 0.231. The van der Waals surface area contributed by atoms with E-state index < -0.39 is 0 Å². The van der Waals surface area contributed by atoms with Crippen LogP contribution in [0.15, 0.2) is 39.3 Å². The molecule has 2 N–H and O–H groups in total. The van der Waals surface area contributed by atoms with E-state index in [4.69, 9.17) is 4.52 Å². The predicted octanol–water partition coefficient (Wildman–Crippen LogP) is 3.63. The van der Waals surface area contributed by atoms with Crippen LogP contribution in [0.1, 0.15) is 24.3 Å². The Morgan fingerprint density at radius 1 is 1.42 bits per heavy atom. The van der Waals surface area contributed by atoms with Gasteiger partial charge in [0.2, 0.25) is 0 Å². The fourth-order valence-corrected chi connectivity index (χ4v) is 2.31. The van der Waals surface area contributed by atoms with Crippen LogP contribution < -0.4 is 10.6 Å². The second-order valence-corrected chi connectivity index (χ2v) is 5.02. The van der Waals surface area contributed by atoms with E-state index in [-0.39, 0.29) is 12.1 Å². The maximum Gasteiger partial charge on any atom is 0.320 e. The van der Waals surface area contributed by atoms with Gasteiger partial charge in [0.1, 0.15) is 5.76 Å². The Bertz CT molecular complexity index is 583. The van der Waals surface area contributed by atoms with E-state index in [1.165, 1.54) is 0 Å². The molecule has 0 bridgehead atoms. The van der Waals surface area contributed by atoms with E-state index >= 15 is 0 Å². The molecule has 1 aromatic carbocycles. The van der Waals surface area contributed by atoms with Crippen LogP contribution in [-0.4, -0.2) is 11.2 Å². The van der Waals surface area contributed by atoms with Crippen LogP contribution in [-0.2, 0) is 0 Å². The molecule has 0 fully saturated rings. The number of halogens is 1. The zero-order valence-electron chi connectivity index (χ0n) is 10.6. The van der Waals surface area contributed by atoms with Crippen LogP contribution in [0.5, 0.6) is 0 Å². The summed E-state index contributed by atoms with van der Waals surface area (Å²) >= 11 is 3.46. The van der Waals surface area contributed by atoms with E-state index in [0.29, 0.717) is 11.6 Å². The highest BCUT2D eigenvalue weighted by Gasteiger charge is 2.12. The first-order chi connectivity index (χ1) is 9.06. The minimum absolute atomic E-state index is 0.122. The number of nitrogens with one attached hydrogen (secondary N) is 2. The Labute approximate surface area is 119 Å². The molecule has 5 nitrogen and oxygen atoms in total. The van der Waals surface area contributed by atoms with Crippen LogP contribution in [0.4, 0.5) is 10.6 Å². The number of benzene rings is 1. The van der Waals surface area contributed by atoms with Crippen molar-refractivity contribution in [2.45, 2.75) is 19.9 Å². The lowest BCUT2D eigenvalue weighted by molar-refractivity contribution is 0.249. The minimum Gasteiger partial charge on any atom is -0.360 e. The summed E-state index contributed by atoms with van der Waals surface area (Å²) in [5.41, 5.74) is 1.01. The molecule has 1 heterocycles. The Morgan fingerprint density at radius 2 is 2.16 bits per heavy atom. The van der Waals surface area contributed by atoms with E-state index in [1.54, 1.807) is 13.0 Å². The summed E-state index contributed by atoms with van der Waals surface area (Å²) in [5.74, 6) is 1.04. The number of nitrogens with zero attached hydrogens (tertiary/aromatic N) is 1. The highest BCUT2D eigenvalue weighted by molar-refractivity contribution is 9.10. The van der Waals surface area contributed by atoms with Gasteiger partial charge in [-0.2, -0.15) is 0 Å². The van der Waals surface area contributed by atoms with Crippen molar-refractivity contribution in [1.29, 1.82) is 0 Å². The molecule has 1 atom stereocenters. The molecular weight excluding hydrogens is 310 g/mol. The molecule has 0 aliphatic rings. The molecule has 0 saturated carbocycles. The maximum atomic E-state index is 11.8. The van der Waals surface area contributed by atoms with Crippen molar-refractivity contribution in [1.82, 2.24) is 10.5 Å². The number of hydrogen-bond donors (Lipinski definition) is 2. The first-order valence-electron chi connectivity index (χ1n) is 5.81. The van der Waals surface area contributed by atoms with Crippen molar-refractivity contribution in [2.75, 3.05) is 5.32 Å². The summed E-state index contributed by atoms with van der Waals surface area (Å²) in [6.07, 6.45) is 0. The topological polar surface area (TPSA) is 67.2 Å². The third-order valence-electron chi connectivity index (χ3n) is 2.59. The number of hydrogen-bond acceptors (Lipinski definition) is 3. The number of carbonyl (C=O) groups excluding carboxylic acids is 1. The van der Waals surface area contributed by atoms with Crippen LogP contribution in [0.25, 0.3) is 0 Å². The van der Waals surface area contributed by atoms with Crippen LogP contribution in [0.2, 0.25) is 0 Å². The number of aryl methyl sites for hydroxylation is 1. The number of aromatic nitrogens is 1. The quantitative estimate of drug-likeness (QED) is 0.906. The standard InChI is InChI=1S/C13H14BrN3O2/c1-8-7-12(17-19-8)16-13(18)15-9(2)10-5-3-4-6-11(10)14/h3-7,9H,1-2H3,(H2,15,16,17,18). The van der Waals surface area contributed by atoms with E-state index in [9.17, 15) is 4.79 Å². The number of carbonyl (C=O) groups is 1. The van der Waals surface area contributed by atoms with Gasteiger partial charge in [-0.1, -0.05) is 39.3 Å². The largest absolute Gasteiger partial charge is 0.360 e. The monoisotopic (exact) mass is 323 g/mol. The Morgan fingerprint density at radius 3 is 2.79 bits per heavy atom. The lowest BCUT2D eigenvalue weighted by atomic mass is 10.1. The van der Waals surface area contributed by atoms with Crippen LogP contribution in [0, 0.1) is 6.92 Å². The zero-order chi connectivity index (χ0) is 13.8. The van der Waals surface area contributed by atoms with Gasteiger partial charge in [-0.05, 0) is 25.5 Å². The first kappa shape index (κ1) is 13.6. The molecular formula is C13H14BrN3O2. The van der Waals surface area contributed by atoms with Crippen LogP contribution >= 0.6 is 15.9 Å². The molecule has 0 aliphatic heterocycles. The third kappa shape index (κ3) is 3.57. The number of urea groups is 1. The smallest absolute Gasteiger partial charge is 0.320 e. The Balaban J connectivity index is 1.97.